The third-order valence-corrected chi connectivity index (χ3v) is 2.29. The molecular formula is C14H14N2. The van der Waals surface area contributed by atoms with E-state index >= 15 is 0 Å². The third-order valence-electron chi connectivity index (χ3n) is 2.29. The molecule has 0 saturated carbocycles. The molecule has 16 heavy (non-hydrogen) atoms. The maximum Gasteiger partial charge on any atom is 0.0857 e. The lowest BCUT2D eigenvalue weighted by atomic mass is 10.2. The molecule has 0 radical (unpaired) electrons. The van der Waals surface area contributed by atoms with Crippen LogP contribution in [0.15, 0.2) is 70.6 Å². The van der Waals surface area contributed by atoms with Crippen molar-refractivity contribution in [1.29, 1.82) is 0 Å². The Kier molecular flexibility index (Phi) is 3.44. The van der Waals surface area contributed by atoms with E-state index in [9.17, 15) is 0 Å². The molecule has 0 bridgehead atoms. The summed E-state index contributed by atoms with van der Waals surface area (Å²) >= 11 is 0. The summed E-state index contributed by atoms with van der Waals surface area (Å²) in [5.74, 6) is 0. The second-order valence-electron chi connectivity index (χ2n) is 3.69. The van der Waals surface area contributed by atoms with Crippen LogP contribution in [0.5, 0.6) is 0 Å². The molecule has 2 nitrogen and oxygen atoms in total. The fourth-order valence-electron chi connectivity index (χ4n) is 1.37. The van der Waals surface area contributed by atoms with Gasteiger partial charge < -0.3 is 0 Å². The number of allylic oxidation sites excluding steroid dienone is 5. The molecule has 0 atom stereocenters. The number of rotatable bonds is 2. The van der Waals surface area contributed by atoms with Gasteiger partial charge in [-0.3, -0.25) is 0 Å². The van der Waals surface area contributed by atoms with Crippen LogP contribution < -0.4 is 0 Å². The van der Waals surface area contributed by atoms with Crippen LogP contribution in [0.25, 0.3) is 0 Å². The zero-order chi connectivity index (χ0) is 11.2. The predicted octanol–water partition coefficient (Wildman–Crippen LogP) is 4.48. The molecule has 0 amide bonds. The molecule has 1 aliphatic rings. The van der Waals surface area contributed by atoms with Gasteiger partial charge in [0.15, 0.2) is 0 Å². The second kappa shape index (κ2) is 5.21. The van der Waals surface area contributed by atoms with Crippen LogP contribution in [0.3, 0.4) is 0 Å². The van der Waals surface area contributed by atoms with Gasteiger partial charge in [-0.1, -0.05) is 42.0 Å². The first-order chi connectivity index (χ1) is 7.84. The van der Waals surface area contributed by atoms with Crippen LogP contribution in [-0.2, 0) is 0 Å². The Morgan fingerprint density at radius 1 is 1.00 bits per heavy atom. The summed E-state index contributed by atoms with van der Waals surface area (Å²) in [7, 11) is 0. The van der Waals surface area contributed by atoms with Crippen molar-refractivity contribution in [2.45, 2.75) is 13.3 Å². The van der Waals surface area contributed by atoms with E-state index in [0.717, 1.165) is 17.8 Å². The normalized spacial score (nSPS) is 15.2. The topological polar surface area (TPSA) is 24.7 Å². The van der Waals surface area contributed by atoms with Crippen molar-refractivity contribution >= 4 is 5.69 Å². The summed E-state index contributed by atoms with van der Waals surface area (Å²) in [6, 6.07) is 8.01. The van der Waals surface area contributed by atoms with Crippen molar-refractivity contribution in [2.75, 3.05) is 0 Å². The molecule has 0 aromatic heterocycles. The van der Waals surface area contributed by atoms with Gasteiger partial charge in [-0.05, 0) is 31.6 Å². The van der Waals surface area contributed by atoms with Gasteiger partial charge in [-0.2, -0.15) is 10.2 Å². The zero-order valence-corrected chi connectivity index (χ0v) is 9.30. The van der Waals surface area contributed by atoms with Gasteiger partial charge in [-0.25, -0.2) is 0 Å². The van der Waals surface area contributed by atoms with Gasteiger partial charge in [0.2, 0.25) is 0 Å². The Morgan fingerprint density at radius 3 is 2.62 bits per heavy atom. The van der Waals surface area contributed by atoms with Crippen molar-refractivity contribution in [3.63, 3.8) is 0 Å². The molecule has 2 heteroatoms. The minimum atomic E-state index is 0.886. The van der Waals surface area contributed by atoms with Crippen LogP contribution in [0, 0.1) is 6.92 Å². The van der Waals surface area contributed by atoms with E-state index in [1.165, 1.54) is 5.56 Å². The molecule has 1 aliphatic carbocycles. The lowest BCUT2D eigenvalue weighted by Gasteiger charge is -1.94. The Labute approximate surface area is 95.7 Å². The van der Waals surface area contributed by atoms with Gasteiger partial charge >= 0.3 is 0 Å². The predicted molar refractivity (Wildman–Crippen MR) is 66.7 cm³/mol. The monoisotopic (exact) mass is 210 g/mol. The molecule has 0 unspecified atom stereocenters. The highest BCUT2D eigenvalue weighted by Crippen LogP contribution is 2.15. The highest BCUT2D eigenvalue weighted by Gasteiger charge is 1.92. The first-order valence-corrected chi connectivity index (χ1v) is 5.36. The van der Waals surface area contributed by atoms with E-state index in [4.69, 9.17) is 0 Å². The maximum atomic E-state index is 4.20. The number of azo groups is 1. The minimum absolute atomic E-state index is 0.886. The van der Waals surface area contributed by atoms with Crippen molar-refractivity contribution in [3.8, 4) is 0 Å². The number of aryl methyl sites for hydroxylation is 1. The summed E-state index contributed by atoms with van der Waals surface area (Å²) < 4.78 is 0. The fraction of sp³-hybridized carbons (Fsp3) is 0.143. The second-order valence-corrected chi connectivity index (χ2v) is 3.69. The van der Waals surface area contributed by atoms with Crippen LogP contribution >= 0.6 is 0 Å². The smallest absolute Gasteiger partial charge is 0.0857 e. The standard InChI is InChI=1S/C14H14N2/c1-12-8-10-14(11-9-12)16-15-13-6-4-2-3-5-7-13/h2-4,6-11H,5H2,1H3. The molecule has 1 aromatic carbocycles. The summed E-state index contributed by atoms with van der Waals surface area (Å²) in [4.78, 5) is 0. The Balaban J connectivity index is 2.09. The van der Waals surface area contributed by atoms with Gasteiger partial charge in [0.1, 0.15) is 0 Å². The van der Waals surface area contributed by atoms with Gasteiger partial charge in [-0.15, -0.1) is 0 Å². The highest BCUT2D eigenvalue weighted by molar-refractivity contribution is 5.38. The molecule has 0 fully saturated rings. The van der Waals surface area contributed by atoms with Crippen LogP contribution in [-0.4, -0.2) is 0 Å². The van der Waals surface area contributed by atoms with E-state index in [1.54, 1.807) is 0 Å². The van der Waals surface area contributed by atoms with E-state index in [1.807, 2.05) is 42.5 Å². The molecule has 0 aliphatic heterocycles. The molecule has 0 spiro atoms. The number of benzene rings is 1. The molecule has 0 saturated heterocycles. The maximum absolute atomic E-state index is 4.20. The summed E-state index contributed by atoms with van der Waals surface area (Å²) in [5.41, 5.74) is 3.03. The highest BCUT2D eigenvalue weighted by atomic mass is 15.1. The Morgan fingerprint density at radius 2 is 1.81 bits per heavy atom. The van der Waals surface area contributed by atoms with Gasteiger partial charge in [0, 0.05) is 0 Å². The lowest BCUT2D eigenvalue weighted by Crippen LogP contribution is -1.71. The molecule has 0 N–H and O–H groups in total. The van der Waals surface area contributed by atoms with Crippen LogP contribution in [0.4, 0.5) is 5.69 Å². The average molecular weight is 210 g/mol. The largest absolute Gasteiger partial charge is 0.151 e. The van der Waals surface area contributed by atoms with Crippen LogP contribution in [0.1, 0.15) is 12.0 Å². The number of nitrogens with zero attached hydrogens (tertiary/aromatic N) is 2. The number of hydrogen-bond donors (Lipinski definition) is 0. The molecular weight excluding hydrogens is 196 g/mol. The minimum Gasteiger partial charge on any atom is -0.151 e. The van der Waals surface area contributed by atoms with Crippen molar-refractivity contribution in [2.24, 2.45) is 10.2 Å². The third kappa shape index (κ3) is 3.02. The first-order valence-electron chi connectivity index (χ1n) is 5.36. The summed E-state index contributed by atoms with van der Waals surface area (Å²) in [6.45, 7) is 2.06. The van der Waals surface area contributed by atoms with Gasteiger partial charge in [0.05, 0.1) is 11.4 Å². The van der Waals surface area contributed by atoms with Crippen LogP contribution in [0.2, 0.25) is 0 Å². The van der Waals surface area contributed by atoms with E-state index in [-0.39, 0.29) is 0 Å². The van der Waals surface area contributed by atoms with E-state index < -0.39 is 0 Å². The molecule has 80 valence electrons. The van der Waals surface area contributed by atoms with Crippen molar-refractivity contribution in [1.82, 2.24) is 0 Å². The molecule has 1 aromatic rings. The summed E-state index contributed by atoms with van der Waals surface area (Å²) in [6.07, 6.45) is 11.0. The lowest BCUT2D eigenvalue weighted by molar-refractivity contribution is 1.15. The SMILES string of the molecule is Cc1ccc(N=NC2=CCC=CC=C2)cc1. The Bertz CT molecular complexity index is 462. The zero-order valence-electron chi connectivity index (χ0n) is 9.30. The fourth-order valence-corrected chi connectivity index (χ4v) is 1.37. The van der Waals surface area contributed by atoms with Crippen molar-refractivity contribution in [3.05, 3.63) is 65.9 Å². The van der Waals surface area contributed by atoms with E-state index in [2.05, 4.69) is 29.3 Å². The van der Waals surface area contributed by atoms with Crippen molar-refractivity contribution < 1.29 is 0 Å². The summed E-state index contributed by atoms with van der Waals surface area (Å²) in [5, 5.41) is 8.39. The molecule has 2 rings (SSSR count). The average Bonchev–Trinajstić information content (AvgIpc) is 2.57. The number of hydrogen-bond acceptors (Lipinski definition) is 2. The molecule has 0 heterocycles. The quantitative estimate of drug-likeness (QED) is 0.643. The van der Waals surface area contributed by atoms with Gasteiger partial charge in [0.25, 0.3) is 0 Å². The van der Waals surface area contributed by atoms with E-state index in [0.29, 0.717) is 0 Å². The Hall–Kier alpha value is -1.96. The first kappa shape index (κ1) is 10.6.